The first-order valence-electron chi connectivity index (χ1n) is 4.08. The lowest BCUT2D eigenvalue weighted by Gasteiger charge is -2.08. The SMILES string of the molecule is O=C=NCCOC1CCCC1. The van der Waals surface area contributed by atoms with Gasteiger partial charge in [-0.25, -0.2) is 9.79 Å². The van der Waals surface area contributed by atoms with Crippen molar-refractivity contribution in [2.75, 3.05) is 13.2 Å². The standard InChI is InChI=1S/C8H13NO2/c10-7-9-5-6-11-8-3-1-2-4-8/h8H,1-6H2. The highest BCUT2D eigenvalue weighted by Gasteiger charge is 2.14. The summed E-state index contributed by atoms with van der Waals surface area (Å²) in [5, 5.41) is 0. The molecule has 1 rings (SSSR count). The molecule has 0 amide bonds. The molecule has 0 aromatic rings. The largest absolute Gasteiger partial charge is 0.376 e. The molecule has 1 aliphatic rings. The van der Waals surface area contributed by atoms with Gasteiger partial charge in [0.1, 0.15) is 0 Å². The van der Waals surface area contributed by atoms with Crippen molar-refractivity contribution in [2.45, 2.75) is 31.8 Å². The quantitative estimate of drug-likeness (QED) is 0.348. The molecule has 1 aliphatic carbocycles. The molecular weight excluding hydrogens is 142 g/mol. The normalized spacial score (nSPS) is 18.2. The van der Waals surface area contributed by atoms with Gasteiger partial charge >= 0.3 is 0 Å². The first-order chi connectivity index (χ1) is 5.43. The van der Waals surface area contributed by atoms with Gasteiger partial charge in [0.05, 0.1) is 19.3 Å². The van der Waals surface area contributed by atoms with E-state index >= 15 is 0 Å². The highest BCUT2D eigenvalue weighted by molar-refractivity contribution is 5.32. The van der Waals surface area contributed by atoms with Crippen molar-refractivity contribution in [1.29, 1.82) is 0 Å². The Balaban J connectivity index is 1.97. The van der Waals surface area contributed by atoms with E-state index in [1.807, 2.05) is 0 Å². The number of ether oxygens (including phenoxy) is 1. The fraction of sp³-hybridized carbons (Fsp3) is 0.875. The molecule has 1 saturated carbocycles. The zero-order valence-corrected chi connectivity index (χ0v) is 6.58. The van der Waals surface area contributed by atoms with Crippen molar-refractivity contribution in [3.63, 3.8) is 0 Å². The number of aliphatic imine (C=N–C) groups is 1. The van der Waals surface area contributed by atoms with Crippen LogP contribution in [0.2, 0.25) is 0 Å². The van der Waals surface area contributed by atoms with E-state index in [4.69, 9.17) is 4.74 Å². The van der Waals surface area contributed by atoms with Gasteiger partial charge in [0.25, 0.3) is 0 Å². The number of hydrogen-bond donors (Lipinski definition) is 0. The van der Waals surface area contributed by atoms with Crippen LogP contribution < -0.4 is 0 Å². The van der Waals surface area contributed by atoms with Crippen LogP contribution in [0.25, 0.3) is 0 Å². The van der Waals surface area contributed by atoms with Crippen LogP contribution in [0.4, 0.5) is 0 Å². The maximum absolute atomic E-state index is 9.65. The van der Waals surface area contributed by atoms with Gasteiger partial charge in [0.2, 0.25) is 6.08 Å². The van der Waals surface area contributed by atoms with Crippen LogP contribution in [-0.4, -0.2) is 25.3 Å². The summed E-state index contributed by atoms with van der Waals surface area (Å²) in [5.41, 5.74) is 0. The van der Waals surface area contributed by atoms with E-state index in [9.17, 15) is 4.79 Å². The van der Waals surface area contributed by atoms with Crippen LogP contribution in [0.1, 0.15) is 25.7 Å². The maximum atomic E-state index is 9.65. The topological polar surface area (TPSA) is 38.7 Å². The van der Waals surface area contributed by atoms with E-state index in [0.717, 1.165) is 0 Å². The van der Waals surface area contributed by atoms with E-state index in [0.29, 0.717) is 19.3 Å². The molecule has 0 N–H and O–H groups in total. The maximum Gasteiger partial charge on any atom is 0.235 e. The van der Waals surface area contributed by atoms with Crippen molar-refractivity contribution in [3.05, 3.63) is 0 Å². The van der Waals surface area contributed by atoms with Crippen molar-refractivity contribution in [1.82, 2.24) is 0 Å². The van der Waals surface area contributed by atoms with Crippen molar-refractivity contribution < 1.29 is 9.53 Å². The summed E-state index contributed by atoms with van der Waals surface area (Å²) in [4.78, 5) is 13.1. The van der Waals surface area contributed by atoms with Crippen LogP contribution in [0.5, 0.6) is 0 Å². The molecule has 3 nitrogen and oxygen atoms in total. The third-order valence-corrected chi connectivity index (χ3v) is 1.92. The molecule has 0 aromatic carbocycles. The Kier molecular flexibility index (Phi) is 3.87. The number of isocyanates is 1. The molecule has 0 unspecified atom stereocenters. The van der Waals surface area contributed by atoms with Crippen molar-refractivity contribution >= 4 is 6.08 Å². The Hall–Kier alpha value is -0.660. The Morgan fingerprint density at radius 2 is 2.18 bits per heavy atom. The third-order valence-electron chi connectivity index (χ3n) is 1.92. The molecule has 0 atom stereocenters. The molecule has 3 heteroatoms. The summed E-state index contributed by atoms with van der Waals surface area (Å²) in [6.07, 6.45) is 6.82. The molecule has 1 fully saturated rings. The Morgan fingerprint density at radius 1 is 1.45 bits per heavy atom. The summed E-state index contributed by atoms with van der Waals surface area (Å²) in [6.45, 7) is 1.03. The molecular formula is C8H13NO2. The van der Waals surface area contributed by atoms with E-state index in [-0.39, 0.29) is 0 Å². The summed E-state index contributed by atoms with van der Waals surface area (Å²) in [5.74, 6) is 0. The van der Waals surface area contributed by atoms with Crippen molar-refractivity contribution in [2.24, 2.45) is 4.99 Å². The zero-order chi connectivity index (χ0) is 7.94. The summed E-state index contributed by atoms with van der Waals surface area (Å²) >= 11 is 0. The molecule has 0 spiro atoms. The minimum Gasteiger partial charge on any atom is -0.376 e. The number of nitrogens with zero attached hydrogens (tertiary/aromatic N) is 1. The fourth-order valence-corrected chi connectivity index (χ4v) is 1.37. The van der Waals surface area contributed by atoms with Crippen LogP contribution in [0.15, 0.2) is 4.99 Å². The highest BCUT2D eigenvalue weighted by atomic mass is 16.5. The van der Waals surface area contributed by atoms with Crippen LogP contribution in [0.3, 0.4) is 0 Å². The summed E-state index contributed by atoms with van der Waals surface area (Å²) in [7, 11) is 0. The van der Waals surface area contributed by atoms with Gasteiger partial charge in [0, 0.05) is 0 Å². The van der Waals surface area contributed by atoms with Gasteiger partial charge < -0.3 is 4.74 Å². The number of rotatable bonds is 4. The van der Waals surface area contributed by atoms with Crippen LogP contribution >= 0.6 is 0 Å². The molecule has 0 radical (unpaired) electrons. The van der Waals surface area contributed by atoms with Gasteiger partial charge in [-0.15, -0.1) is 0 Å². The van der Waals surface area contributed by atoms with Crippen LogP contribution in [-0.2, 0) is 9.53 Å². The first kappa shape index (κ1) is 8.44. The van der Waals surface area contributed by atoms with E-state index < -0.39 is 0 Å². The van der Waals surface area contributed by atoms with Crippen LogP contribution in [0, 0.1) is 0 Å². The Bertz CT molecular complexity index is 146. The Morgan fingerprint density at radius 3 is 2.82 bits per heavy atom. The summed E-state index contributed by atoms with van der Waals surface area (Å²) in [6, 6.07) is 0. The monoisotopic (exact) mass is 155 g/mol. The molecule has 0 aliphatic heterocycles. The molecule has 0 bridgehead atoms. The van der Waals surface area contributed by atoms with Gasteiger partial charge in [-0.1, -0.05) is 12.8 Å². The number of hydrogen-bond acceptors (Lipinski definition) is 3. The smallest absolute Gasteiger partial charge is 0.235 e. The van der Waals surface area contributed by atoms with Gasteiger partial charge in [0.15, 0.2) is 0 Å². The lowest BCUT2D eigenvalue weighted by molar-refractivity contribution is 0.0643. The lowest BCUT2D eigenvalue weighted by Crippen LogP contribution is -2.09. The molecule has 0 aromatic heterocycles. The van der Waals surface area contributed by atoms with Gasteiger partial charge in [-0.05, 0) is 12.8 Å². The number of carbonyl (C=O) groups excluding carboxylic acids is 1. The first-order valence-corrected chi connectivity index (χ1v) is 4.08. The zero-order valence-electron chi connectivity index (χ0n) is 6.58. The van der Waals surface area contributed by atoms with E-state index in [1.165, 1.54) is 31.8 Å². The summed E-state index contributed by atoms with van der Waals surface area (Å²) < 4.78 is 5.43. The molecule has 11 heavy (non-hydrogen) atoms. The second-order valence-corrected chi connectivity index (χ2v) is 2.75. The predicted octanol–water partition coefficient (Wildman–Crippen LogP) is 1.28. The molecule has 0 heterocycles. The highest BCUT2D eigenvalue weighted by Crippen LogP contribution is 2.20. The van der Waals surface area contributed by atoms with Gasteiger partial charge in [-0.3, -0.25) is 0 Å². The second-order valence-electron chi connectivity index (χ2n) is 2.75. The van der Waals surface area contributed by atoms with E-state index in [1.54, 1.807) is 0 Å². The minimum atomic E-state index is 0.428. The average Bonchev–Trinajstić information content (AvgIpc) is 2.50. The second kappa shape index (κ2) is 5.05. The average molecular weight is 155 g/mol. The predicted molar refractivity (Wildman–Crippen MR) is 41.2 cm³/mol. The lowest BCUT2D eigenvalue weighted by atomic mass is 10.3. The fourth-order valence-electron chi connectivity index (χ4n) is 1.37. The molecule has 0 saturated heterocycles. The molecule has 62 valence electrons. The van der Waals surface area contributed by atoms with Gasteiger partial charge in [-0.2, -0.15) is 0 Å². The van der Waals surface area contributed by atoms with Crippen molar-refractivity contribution in [3.8, 4) is 0 Å². The third kappa shape index (κ3) is 3.30. The Labute approximate surface area is 66.5 Å². The van der Waals surface area contributed by atoms with E-state index in [2.05, 4.69) is 4.99 Å². The minimum absolute atomic E-state index is 0.428.